The summed E-state index contributed by atoms with van der Waals surface area (Å²) >= 11 is 0. The summed E-state index contributed by atoms with van der Waals surface area (Å²) < 4.78 is 22.6. The van der Waals surface area contributed by atoms with Crippen molar-refractivity contribution < 1.29 is 38.1 Å². The van der Waals surface area contributed by atoms with Crippen molar-refractivity contribution in [3.8, 4) is 0 Å². The van der Waals surface area contributed by atoms with Crippen LogP contribution in [0.4, 0.5) is 0 Å². The molecule has 1 aliphatic rings. The van der Waals surface area contributed by atoms with E-state index in [1.807, 2.05) is 6.92 Å². The number of hydrogen-bond acceptors (Lipinski definition) is 8. The zero-order valence-corrected chi connectivity index (χ0v) is 37.7. The van der Waals surface area contributed by atoms with Crippen molar-refractivity contribution in [3.63, 3.8) is 0 Å². The van der Waals surface area contributed by atoms with Gasteiger partial charge in [-0.3, -0.25) is 19.2 Å². The topological polar surface area (TPSA) is 105 Å². The summed E-state index contributed by atoms with van der Waals surface area (Å²) in [5, 5.41) is 0. The van der Waals surface area contributed by atoms with E-state index in [0.29, 0.717) is 38.0 Å². The number of rotatable bonds is 42. The average molecular weight is 807 g/mol. The lowest BCUT2D eigenvalue weighted by Gasteiger charge is -2.18. The zero-order chi connectivity index (χ0) is 41.6. The van der Waals surface area contributed by atoms with E-state index < -0.39 is 0 Å². The normalized spacial score (nSPS) is 13.7. The highest BCUT2D eigenvalue weighted by atomic mass is 16.6. The van der Waals surface area contributed by atoms with Crippen molar-refractivity contribution >= 4 is 23.9 Å². The second kappa shape index (κ2) is 38.1. The van der Waals surface area contributed by atoms with E-state index in [4.69, 9.17) is 18.9 Å². The highest BCUT2D eigenvalue weighted by Gasteiger charge is 2.33. The van der Waals surface area contributed by atoms with Crippen LogP contribution in [0.3, 0.4) is 0 Å². The van der Waals surface area contributed by atoms with Gasteiger partial charge in [-0.1, -0.05) is 150 Å². The smallest absolute Gasteiger partial charge is 0.306 e. The summed E-state index contributed by atoms with van der Waals surface area (Å²) in [5.74, 6) is -0.182. The molecule has 0 bridgehead atoms. The molecule has 0 aromatic rings. The predicted octanol–water partition coefficient (Wildman–Crippen LogP) is 13.9. The van der Waals surface area contributed by atoms with Gasteiger partial charge in [0.1, 0.15) is 12.2 Å². The SMILES string of the molecule is CCCCCCCCCC(OC(=O)CCCCCC(=O)OCC(C)COC(=O)CCCCCCC(=O)OC(CCCCCCCC)CCCCCCCC)C1CC1. The van der Waals surface area contributed by atoms with Crippen molar-refractivity contribution in [1.29, 1.82) is 0 Å². The molecule has 0 saturated heterocycles. The quantitative estimate of drug-likeness (QED) is 0.0341. The first-order valence-corrected chi connectivity index (χ1v) is 24.5. The molecule has 0 aromatic carbocycles. The standard InChI is InChI=1S/C49H90O8/c1-5-8-11-14-17-20-26-33-45(43-38-39-43)57-49(53)37-30-23-29-35-47(51)55-41-42(4)40-54-46(50)34-27-21-22-28-36-48(52)56-44(31-24-18-15-12-9-6-2)32-25-19-16-13-10-7-3/h42-45H,5-41H2,1-4H3. The summed E-state index contributed by atoms with van der Waals surface area (Å²) in [6.45, 7) is 9.06. The average Bonchev–Trinajstić information content (AvgIpc) is 4.05. The van der Waals surface area contributed by atoms with Gasteiger partial charge in [0.2, 0.25) is 0 Å². The first-order chi connectivity index (χ1) is 27.8. The number of ether oxygens (including phenoxy) is 4. The van der Waals surface area contributed by atoms with Gasteiger partial charge in [-0.05, 0) is 83.0 Å². The summed E-state index contributed by atoms with van der Waals surface area (Å²) in [6.07, 6.45) is 36.3. The van der Waals surface area contributed by atoms with Gasteiger partial charge < -0.3 is 18.9 Å². The highest BCUT2D eigenvalue weighted by Crippen LogP contribution is 2.37. The van der Waals surface area contributed by atoms with Crippen LogP contribution in [0.15, 0.2) is 0 Å². The molecule has 1 rings (SSSR count). The molecule has 0 heterocycles. The molecule has 8 heteroatoms. The van der Waals surface area contributed by atoms with E-state index in [-0.39, 0.29) is 55.2 Å². The van der Waals surface area contributed by atoms with Crippen molar-refractivity contribution in [2.75, 3.05) is 13.2 Å². The lowest BCUT2D eigenvalue weighted by atomic mass is 10.0. The molecule has 2 unspecified atom stereocenters. The molecule has 1 saturated carbocycles. The first-order valence-electron chi connectivity index (χ1n) is 24.5. The number of carbonyl (C=O) groups excluding carboxylic acids is 4. The summed E-state index contributed by atoms with van der Waals surface area (Å²) in [5.41, 5.74) is 0. The van der Waals surface area contributed by atoms with Crippen LogP contribution in [0.1, 0.15) is 252 Å². The molecule has 334 valence electrons. The molecule has 0 spiro atoms. The van der Waals surface area contributed by atoms with Crippen LogP contribution in [0.25, 0.3) is 0 Å². The minimum Gasteiger partial charge on any atom is -0.465 e. The lowest BCUT2D eigenvalue weighted by Crippen LogP contribution is -2.20. The molecule has 0 aliphatic heterocycles. The molecule has 57 heavy (non-hydrogen) atoms. The van der Waals surface area contributed by atoms with Crippen LogP contribution in [0.2, 0.25) is 0 Å². The Labute approximate surface area is 350 Å². The lowest BCUT2D eigenvalue weighted by molar-refractivity contribution is -0.151. The Hall–Kier alpha value is -2.12. The fourth-order valence-electron chi connectivity index (χ4n) is 7.47. The summed E-state index contributed by atoms with van der Waals surface area (Å²) in [7, 11) is 0. The molecule has 8 nitrogen and oxygen atoms in total. The van der Waals surface area contributed by atoms with Crippen molar-refractivity contribution in [2.45, 2.75) is 265 Å². The fourth-order valence-corrected chi connectivity index (χ4v) is 7.47. The molecule has 0 N–H and O–H groups in total. The van der Waals surface area contributed by atoms with E-state index in [2.05, 4.69) is 20.8 Å². The minimum atomic E-state index is -0.255. The number of hydrogen-bond donors (Lipinski definition) is 0. The van der Waals surface area contributed by atoms with Crippen LogP contribution in [-0.4, -0.2) is 49.3 Å². The van der Waals surface area contributed by atoms with Gasteiger partial charge in [-0.15, -0.1) is 0 Å². The van der Waals surface area contributed by atoms with Crippen molar-refractivity contribution in [3.05, 3.63) is 0 Å². The van der Waals surface area contributed by atoms with Gasteiger partial charge >= 0.3 is 23.9 Å². The molecular formula is C49H90O8. The van der Waals surface area contributed by atoms with Gasteiger partial charge in [-0.25, -0.2) is 0 Å². The third-order valence-corrected chi connectivity index (χ3v) is 11.4. The van der Waals surface area contributed by atoms with E-state index in [0.717, 1.165) is 77.0 Å². The van der Waals surface area contributed by atoms with E-state index in [1.165, 1.54) is 116 Å². The molecule has 1 aliphatic carbocycles. The third kappa shape index (κ3) is 34.5. The van der Waals surface area contributed by atoms with Gasteiger partial charge in [0.05, 0.1) is 13.2 Å². The molecule has 2 atom stereocenters. The molecule has 0 amide bonds. The van der Waals surface area contributed by atoms with E-state index in [1.54, 1.807) is 0 Å². The second-order valence-corrected chi connectivity index (χ2v) is 17.4. The molecule has 0 aromatic heterocycles. The maximum absolute atomic E-state index is 12.6. The minimum absolute atomic E-state index is 0.0538. The largest absolute Gasteiger partial charge is 0.465 e. The van der Waals surface area contributed by atoms with E-state index >= 15 is 0 Å². The second-order valence-electron chi connectivity index (χ2n) is 17.4. The summed E-state index contributed by atoms with van der Waals surface area (Å²) in [6, 6.07) is 0. The number of carbonyl (C=O) groups is 4. The highest BCUT2D eigenvalue weighted by molar-refractivity contribution is 5.70. The van der Waals surface area contributed by atoms with Gasteiger partial charge in [0.25, 0.3) is 0 Å². The van der Waals surface area contributed by atoms with Crippen molar-refractivity contribution in [1.82, 2.24) is 0 Å². The van der Waals surface area contributed by atoms with Crippen LogP contribution < -0.4 is 0 Å². The van der Waals surface area contributed by atoms with Crippen LogP contribution in [0, 0.1) is 11.8 Å². The number of unbranched alkanes of at least 4 members (excludes halogenated alkanes) is 21. The fraction of sp³-hybridized carbons (Fsp3) is 0.918. The van der Waals surface area contributed by atoms with Crippen LogP contribution >= 0.6 is 0 Å². The summed E-state index contributed by atoms with van der Waals surface area (Å²) in [4.78, 5) is 49.6. The van der Waals surface area contributed by atoms with Crippen LogP contribution in [0.5, 0.6) is 0 Å². The monoisotopic (exact) mass is 807 g/mol. The maximum atomic E-state index is 12.6. The predicted molar refractivity (Wildman–Crippen MR) is 233 cm³/mol. The van der Waals surface area contributed by atoms with Gasteiger partial charge in [-0.2, -0.15) is 0 Å². The van der Waals surface area contributed by atoms with Crippen LogP contribution in [-0.2, 0) is 38.1 Å². The van der Waals surface area contributed by atoms with E-state index in [9.17, 15) is 19.2 Å². The Morgan fingerprint density at radius 3 is 1.18 bits per heavy atom. The Balaban J connectivity index is 2.08. The Morgan fingerprint density at radius 1 is 0.421 bits per heavy atom. The third-order valence-electron chi connectivity index (χ3n) is 11.4. The zero-order valence-electron chi connectivity index (χ0n) is 37.7. The Morgan fingerprint density at radius 2 is 0.754 bits per heavy atom. The first kappa shape index (κ1) is 52.9. The van der Waals surface area contributed by atoms with Gasteiger partial charge in [0.15, 0.2) is 0 Å². The van der Waals surface area contributed by atoms with Crippen molar-refractivity contribution in [2.24, 2.45) is 11.8 Å². The molecule has 0 radical (unpaired) electrons. The van der Waals surface area contributed by atoms with Gasteiger partial charge in [0, 0.05) is 31.6 Å². The Kier molecular flexibility index (Phi) is 35.4. The Bertz CT molecular complexity index is 962. The maximum Gasteiger partial charge on any atom is 0.306 e. The number of esters is 4. The molecular weight excluding hydrogens is 717 g/mol. The molecule has 1 fully saturated rings.